The first-order valence-electron chi connectivity index (χ1n) is 4.68. The molecule has 0 bridgehead atoms. The summed E-state index contributed by atoms with van der Waals surface area (Å²) in [6, 6.07) is 3.11. The summed E-state index contributed by atoms with van der Waals surface area (Å²) in [5.41, 5.74) is 0.285. The molecule has 1 heterocycles. The Labute approximate surface area is 97.0 Å². The van der Waals surface area contributed by atoms with E-state index in [-0.39, 0.29) is 18.0 Å². The SMILES string of the molecule is O=C(c1cccnc1)N(CCCl)CC(F)F. The summed E-state index contributed by atoms with van der Waals surface area (Å²) in [5, 5.41) is 0. The van der Waals surface area contributed by atoms with Crippen molar-refractivity contribution in [3.63, 3.8) is 0 Å². The largest absolute Gasteiger partial charge is 0.332 e. The highest BCUT2D eigenvalue weighted by Crippen LogP contribution is 2.06. The van der Waals surface area contributed by atoms with E-state index >= 15 is 0 Å². The average molecular weight is 249 g/mol. The monoisotopic (exact) mass is 248 g/mol. The van der Waals surface area contributed by atoms with Crippen LogP contribution in [0.2, 0.25) is 0 Å². The van der Waals surface area contributed by atoms with Gasteiger partial charge in [-0.3, -0.25) is 9.78 Å². The lowest BCUT2D eigenvalue weighted by Crippen LogP contribution is -2.36. The van der Waals surface area contributed by atoms with Gasteiger partial charge in [-0.2, -0.15) is 0 Å². The molecule has 0 unspecified atom stereocenters. The highest BCUT2D eigenvalue weighted by molar-refractivity contribution is 6.18. The summed E-state index contributed by atoms with van der Waals surface area (Å²) in [6.45, 7) is -0.514. The van der Waals surface area contributed by atoms with Crippen LogP contribution in [0.1, 0.15) is 10.4 Å². The molecule has 0 spiro atoms. The Morgan fingerprint density at radius 3 is 2.81 bits per heavy atom. The molecule has 0 aliphatic heterocycles. The van der Waals surface area contributed by atoms with Crippen molar-refractivity contribution < 1.29 is 13.6 Å². The maximum Gasteiger partial charge on any atom is 0.255 e. The van der Waals surface area contributed by atoms with E-state index in [1.165, 1.54) is 18.5 Å². The van der Waals surface area contributed by atoms with E-state index in [1.807, 2.05) is 0 Å². The zero-order chi connectivity index (χ0) is 12.0. The Morgan fingerprint density at radius 1 is 1.56 bits per heavy atom. The van der Waals surface area contributed by atoms with E-state index in [2.05, 4.69) is 4.98 Å². The van der Waals surface area contributed by atoms with Crippen LogP contribution in [0.3, 0.4) is 0 Å². The minimum Gasteiger partial charge on any atom is -0.332 e. The number of halogens is 3. The van der Waals surface area contributed by atoms with Crippen molar-refractivity contribution in [1.82, 2.24) is 9.88 Å². The number of hydrogen-bond donors (Lipinski definition) is 0. The molecule has 1 amide bonds. The van der Waals surface area contributed by atoms with Crippen LogP contribution in [-0.2, 0) is 0 Å². The summed E-state index contributed by atoms with van der Waals surface area (Å²) in [7, 11) is 0. The van der Waals surface area contributed by atoms with Crippen LogP contribution >= 0.6 is 11.6 Å². The van der Waals surface area contributed by atoms with Crippen LogP contribution < -0.4 is 0 Å². The fourth-order valence-electron chi connectivity index (χ4n) is 1.22. The summed E-state index contributed by atoms with van der Waals surface area (Å²) >= 11 is 5.46. The molecule has 1 rings (SSSR count). The van der Waals surface area contributed by atoms with Crippen LogP contribution in [-0.4, -0.2) is 41.2 Å². The molecule has 0 aliphatic carbocycles. The Kier molecular flexibility index (Phi) is 5.11. The predicted octanol–water partition coefficient (Wildman–Crippen LogP) is 2.03. The number of hydrogen-bond acceptors (Lipinski definition) is 2. The molecule has 88 valence electrons. The van der Waals surface area contributed by atoms with Crippen LogP contribution in [0.25, 0.3) is 0 Å². The molecule has 0 saturated heterocycles. The number of carbonyl (C=O) groups is 1. The molecule has 0 radical (unpaired) electrons. The van der Waals surface area contributed by atoms with Gasteiger partial charge in [-0.15, -0.1) is 11.6 Å². The molecule has 3 nitrogen and oxygen atoms in total. The fourth-order valence-corrected chi connectivity index (χ4v) is 1.42. The van der Waals surface area contributed by atoms with E-state index in [0.29, 0.717) is 0 Å². The minimum absolute atomic E-state index is 0.0968. The Morgan fingerprint density at radius 2 is 2.31 bits per heavy atom. The van der Waals surface area contributed by atoms with Gasteiger partial charge in [0, 0.05) is 24.8 Å². The number of pyridine rings is 1. The van der Waals surface area contributed by atoms with Gasteiger partial charge in [-0.1, -0.05) is 0 Å². The number of amides is 1. The van der Waals surface area contributed by atoms with Gasteiger partial charge in [0.1, 0.15) is 0 Å². The maximum absolute atomic E-state index is 12.2. The van der Waals surface area contributed by atoms with E-state index < -0.39 is 18.9 Å². The van der Waals surface area contributed by atoms with Gasteiger partial charge in [-0.25, -0.2) is 8.78 Å². The molecule has 0 atom stereocenters. The number of carbonyl (C=O) groups excluding carboxylic acids is 1. The molecule has 16 heavy (non-hydrogen) atoms. The minimum atomic E-state index is -2.57. The van der Waals surface area contributed by atoms with Crippen molar-refractivity contribution in [2.45, 2.75) is 6.43 Å². The lowest BCUT2D eigenvalue weighted by atomic mass is 10.2. The molecule has 0 aromatic carbocycles. The van der Waals surface area contributed by atoms with Crippen molar-refractivity contribution in [1.29, 1.82) is 0 Å². The first-order valence-corrected chi connectivity index (χ1v) is 5.22. The molecular formula is C10H11ClF2N2O. The number of rotatable bonds is 5. The fraction of sp³-hybridized carbons (Fsp3) is 0.400. The zero-order valence-corrected chi connectivity index (χ0v) is 9.20. The molecular weight excluding hydrogens is 238 g/mol. The van der Waals surface area contributed by atoms with Gasteiger partial charge in [0.15, 0.2) is 0 Å². The van der Waals surface area contributed by atoms with Gasteiger partial charge in [0.2, 0.25) is 0 Å². The third-order valence-electron chi connectivity index (χ3n) is 1.91. The van der Waals surface area contributed by atoms with E-state index in [0.717, 1.165) is 4.90 Å². The Hall–Kier alpha value is -1.23. The number of nitrogens with zero attached hydrogens (tertiary/aromatic N) is 2. The normalized spacial score (nSPS) is 10.5. The van der Waals surface area contributed by atoms with Crippen molar-refractivity contribution in [2.24, 2.45) is 0 Å². The second kappa shape index (κ2) is 6.37. The molecule has 0 fully saturated rings. The summed E-state index contributed by atoms with van der Waals surface area (Å²) in [5.74, 6) is -0.354. The highest BCUT2D eigenvalue weighted by atomic mass is 35.5. The third kappa shape index (κ3) is 3.73. The standard InChI is InChI=1S/C10H11ClF2N2O/c11-3-5-15(7-9(12)13)10(16)8-2-1-4-14-6-8/h1-2,4,6,9H,3,5,7H2. The van der Waals surface area contributed by atoms with Crippen LogP contribution in [0.4, 0.5) is 8.78 Å². The zero-order valence-electron chi connectivity index (χ0n) is 8.44. The van der Waals surface area contributed by atoms with E-state index in [9.17, 15) is 13.6 Å². The molecule has 6 heteroatoms. The summed E-state index contributed by atoms with van der Waals surface area (Å²) in [6.07, 6.45) is 0.286. The Bertz CT molecular complexity index is 335. The van der Waals surface area contributed by atoms with Crippen LogP contribution in [0.5, 0.6) is 0 Å². The van der Waals surface area contributed by atoms with E-state index in [1.54, 1.807) is 6.07 Å². The van der Waals surface area contributed by atoms with E-state index in [4.69, 9.17) is 11.6 Å². The molecule has 0 saturated carbocycles. The smallest absolute Gasteiger partial charge is 0.255 e. The number of alkyl halides is 3. The van der Waals surface area contributed by atoms with Gasteiger partial charge in [0.05, 0.1) is 12.1 Å². The lowest BCUT2D eigenvalue weighted by molar-refractivity contribution is 0.0570. The van der Waals surface area contributed by atoms with Gasteiger partial charge in [-0.05, 0) is 12.1 Å². The molecule has 1 aromatic heterocycles. The maximum atomic E-state index is 12.2. The topological polar surface area (TPSA) is 33.2 Å². The van der Waals surface area contributed by atoms with Crippen molar-refractivity contribution in [3.05, 3.63) is 30.1 Å². The number of aromatic nitrogens is 1. The first-order chi connectivity index (χ1) is 7.65. The van der Waals surface area contributed by atoms with Gasteiger partial charge in [0.25, 0.3) is 12.3 Å². The second-order valence-electron chi connectivity index (χ2n) is 3.07. The first kappa shape index (κ1) is 12.8. The molecule has 0 aliphatic rings. The predicted molar refractivity (Wildman–Crippen MR) is 56.9 cm³/mol. The van der Waals surface area contributed by atoms with Gasteiger partial charge >= 0.3 is 0 Å². The second-order valence-corrected chi connectivity index (χ2v) is 3.45. The quantitative estimate of drug-likeness (QED) is 0.747. The summed E-state index contributed by atoms with van der Waals surface area (Å²) < 4.78 is 24.5. The van der Waals surface area contributed by atoms with Crippen molar-refractivity contribution in [3.8, 4) is 0 Å². The van der Waals surface area contributed by atoms with Gasteiger partial charge < -0.3 is 4.90 Å². The van der Waals surface area contributed by atoms with Crippen LogP contribution in [0.15, 0.2) is 24.5 Å². The lowest BCUT2D eigenvalue weighted by Gasteiger charge is -2.20. The molecule has 0 N–H and O–H groups in total. The molecule has 1 aromatic rings. The van der Waals surface area contributed by atoms with Crippen molar-refractivity contribution in [2.75, 3.05) is 19.0 Å². The van der Waals surface area contributed by atoms with Crippen molar-refractivity contribution >= 4 is 17.5 Å². The highest BCUT2D eigenvalue weighted by Gasteiger charge is 2.18. The third-order valence-corrected chi connectivity index (χ3v) is 2.08. The van der Waals surface area contributed by atoms with Crippen LogP contribution in [0, 0.1) is 0 Å². The average Bonchev–Trinajstić information content (AvgIpc) is 2.28. The summed E-state index contributed by atoms with van der Waals surface area (Å²) in [4.78, 5) is 16.5. The Balaban J connectivity index is 2.74.